The second-order valence-electron chi connectivity index (χ2n) is 15.6. The van der Waals surface area contributed by atoms with Crippen LogP contribution in [-0.4, -0.2) is 78.7 Å². The predicted octanol–water partition coefficient (Wildman–Crippen LogP) is 7.16. The number of esters is 1. The number of hydrogen-bond donors (Lipinski definition) is 2. The standard InChI is InChI=1S/C41H50N4O3/c1-6-23-14-22-15-32-38-26(12-13-45(20-22)40(23)32)28-19-36(47-4)29(17-34(28)43-38)30-16-27-24(7-2)21-44(3)35(37(27)41(46)48-5)18-31-25-10-8-9-11-33(25)42-39(30)31/h7-11,17,19,22-23,27,30,32,35,37,40,42-43H,6,12-16,18,20-21H2,1-5H3/b24-7-/t22-,23+,27+,30-,32+,35-,37-,40-/m0/s1. The maximum Gasteiger partial charge on any atom is 0.310 e. The molecule has 4 aromatic rings. The Balaban J connectivity index is 1.23. The molecule has 252 valence electrons. The van der Waals surface area contributed by atoms with Crippen LogP contribution in [0, 0.1) is 23.7 Å². The van der Waals surface area contributed by atoms with Gasteiger partial charge in [0.25, 0.3) is 0 Å². The lowest BCUT2D eigenvalue weighted by atomic mass is 9.65. The van der Waals surface area contributed by atoms with E-state index >= 15 is 0 Å². The zero-order valence-electron chi connectivity index (χ0n) is 29.1. The number of methoxy groups -OCH3 is 2. The molecule has 48 heavy (non-hydrogen) atoms. The Kier molecular flexibility index (Phi) is 7.32. The van der Waals surface area contributed by atoms with Crippen LogP contribution in [0.1, 0.15) is 79.4 Å². The number of aromatic amines is 2. The Hall–Kier alpha value is -3.55. The largest absolute Gasteiger partial charge is 0.496 e. The van der Waals surface area contributed by atoms with E-state index in [1.165, 1.54) is 75.7 Å². The fraction of sp³-hybridized carbons (Fsp3) is 0.537. The van der Waals surface area contributed by atoms with Gasteiger partial charge in [-0.2, -0.15) is 0 Å². The van der Waals surface area contributed by atoms with Crippen LogP contribution >= 0.6 is 0 Å². The number of hydrogen-bond acceptors (Lipinski definition) is 5. The van der Waals surface area contributed by atoms with Gasteiger partial charge < -0.3 is 19.4 Å². The molecule has 4 aliphatic heterocycles. The SMILES string of the molecule is C/C=C1/CN(C)[C@H]2Cc3c([nH]c4ccccc34)[C@H](c3cc4[nH]c5c(c4cc3OC)CCN3C[C@H]4C[C@@H](CC)[C@H]3[C@@H]5C4)C[C@H]1[C@@H]2C(=O)OC. The van der Waals surface area contributed by atoms with Gasteiger partial charge in [0.15, 0.2) is 0 Å². The average molecular weight is 647 g/mol. The predicted molar refractivity (Wildman–Crippen MR) is 191 cm³/mol. The summed E-state index contributed by atoms with van der Waals surface area (Å²) in [6.07, 6.45) is 8.91. The number of H-pyrrole nitrogens is 2. The Morgan fingerprint density at radius 1 is 1.00 bits per heavy atom. The topological polar surface area (TPSA) is 73.6 Å². The van der Waals surface area contributed by atoms with Gasteiger partial charge in [-0.25, -0.2) is 0 Å². The zero-order valence-corrected chi connectivity index (χ0v) is 29.1. The number of nitrogens with zero attached hydrogens (tertiary/aromatic N) is 2. The number of carbonyl (C=O) groups excluding carboxylic acids is 1. The van der Waals surface area contributed by atoms with Crippen LogP contribution in [0.4, 0.5) is 0 Å². The summed E-state index contributed by atoms with van der Waals surface area (Å²) in [7, 11) is 5.54. The van der Waals surface area contributed by atoms with Gasteiger partial charge in [0.2, 0.25) is 0 Å². The van der Waals surface area contributed by atoms with E-state index in [1.807, 2.05) is 7.11 Å². The first-order valence-corrected chi connectivity index (χ1v) is 18.4. The highest BCUT2D eigenvalue weighted by atomic mass is 16.5. The minimum atomic E-state index is -0.239. The minimum absolute atomic E-state index is 0.0250. The Bertz CT molecular complexity index is 1940. The van der Waals surface area contributed by atoms with Crippen molar-refractivity contribution in [3.8, 4) is 5.75 Å². The van der Waals surface area contributed by atoms with E-state index in [0.717, 1.165) is 55.5 Å². The maximum atomic E-state index is 13.7. The number of likely N-dealkylation sites (N-methyl/N-ethyl adjacent to an activating group) is 1. The number of para-hydroxylation sites is 1. The fourth-order valence-electron chi connectivity index (χ4n) is 11.4. The molecule has 1 saturated carbocycles. The van der Waals surface area contributed by atoms with Crippen LogP contribution in [0.15, 0.2) is 48.0 Å². The van der Waals surface area contributed by atoms with Gasteiger partial charge in [-0.3, -0.25) is 14.6 Å². The molecule has 0 amide bonds. The van der Waals surface area contributed by atoms with Crippen molar-refractivity contribution >= 4 is 27.8 Å². The lowest BCUT2D eigenvalue weighted by Crippen LogP contribution is -2.56. The molecule has 6 heterocycles. The smallest absolute Gasteiger partial charge is 0.310 e. The van der Waals surface area contributed by atoms with Crippen molar-refractivity contribution < 1.29 is 14.3 Å². The van der Waals surface area contributed by atoms with Crippen LogP contribution in [0.5, 0.6) is 5.75 Å². The molecular weight excluding hydrogens is 596 g/mol. The van der Waals surface area contributed by atoms with Crippen LogP contribution in [-0.2, 0) is 22.4 Å². The third kappa shape index (κ3) is 4.42. The van der Waals surface area contributed by atoms with Crippen LogP contribution < -0.4 is 4.74 Å². The summed E-state index contributed by atoms with van der Waals surface area (Å²) >= 11 is 0. The molecule has 4 fully saturated rings. The first-order chi connectivity index (χ1) is 23.4. The molecule has 1 unspecified atom stereocenters. The number of allylic oxidation sites excluding steroid dienone is 1. The molecule has 7 nitrogen and oxygen atoms in total. The molecule has 6 bridgehead atoms. The summed E-state index contributed by atoms with van der Waals surface area (Å²) in [4.78, 5) is 26.9. The Labute approximate surface area is 284 Å². The summed E-state index contributed by atoms with van der Waals surface area (Å²) in [5.74, 6) is 2.89. The summed E-state index contributed by atoms with van der Waals surface area (Å²) in [6, 6.07) is 14.1. The number of nitrogens with one attached hydrogen (secondary N) is 2. The average Bonchev–Trinajstić information content (AvgIpc) is 3.62. The first kappa shape index (κ1) is 30.5. The van der Waals surface area contributed by atoms with Gasteiger partial charge in [0, 0.05) is 82.3 Å². The second kappa shape index (κ2) is 11.5. The van der Waals surface area contributed by atoms with E-state index < -0.39 is 0 Å². The van der Waals surface area contributed by atoms with Gasteiger partial charge in [-0.1, -0.05) is 43.2 Å². The van der Waals surface area contributed by atoms with E-state index in [-0.39, 0.29) is 29.8 Å². The fourth-order valence-corrected chi connectivity index (χ4v) is 11.4. The maximum absolute atomic E-state index is 13.7. The van der Waals surface area contributed by atoms with E-state index in [4.69, 9.17) is 9.47 Å². The number of carbonyl (C=O) groups is 1. The molecular formula is C41H50N4O3. The number of piperidine rings is 3. The highest BCUT2D eigenvalue weighted by Crippen LogP contribution is 2.53. The summed E-state index contributed by atoms with van der Waals surface area (Å²) in [5, 5.41) is 2.57. The van der Waals surface area contributed by atoms with Crippen LogP contribution in [0.3, 0.4) is 0 Å². The highest BCUT2D eigenvalue weighted by molar-refractivity contribution is 5.89. The van der Waals surface area contributed by atoms with Crippen molar-refractivity contribution in [1.82, 2.24) is 19.8 Å². The first-order valence-electron chi connectivity index (χ1n) is 18.4. The highest BCUT2D eigenvalue weighted by Gasteiger charge is 2.50. The molecule has 10 rings (SSSR count). The summed E-state index contributed by atoms with van der Waals surface area (Å²) < 4.78 is 11.9. The van der Waals surface area contributed by atoms with Gasteiger partial charge in [0.1, 0.15) is 5.75 Å². The number of rotatable bonds is 4. The van der Waals surface area contributed by atoms with Crippen molar-refractivity contribution in [3.63, 3.8) is 0 Å². The van der Waals surface area contributed by atoms with Crippen molar-refractivity contribution in [2.24, 2.45) is 23.7 Å². The number of benzene rings is 2. The molecule has 3 saturated heterocycles. The summed E-state index contributed by atoms with van der Waals surface area (Å²) in [5.41, 5.74) is 10.5. The Morgan fingerprint density at radius 2 is 1.83 bits per heavy atom. The number of fused-ring (bicyclic) bond motifs is 9. The van der Waals surface area contributed by atoms with Gasteiger partial charge in [-0.15, -0.1) is 0 Å². The molecule has 0 radical (unpaired) electrons. The van der Waals surface area contributed by atoms with Crippen molar-refractivity contribution in [3.05, 3.63) is 76.1 Å². The Morgan fingerprint density at radius 3 is 2.62 bits per heavy atom. The van der Waals surface area contributed by atoms with E-state index in [0.29, 0.717) is 12.0 Å². The van der Waals surface area contributed by atoms with Gasteiger partial charge >= 0.3 is 5.97 Å². The second-order valence-corrected chi connectivity index (χ2v) is 15.6. The van der Waals surface area contributed by atoms with Crippen molar-refractivity contribution in [1.29, 1.82) is 0 Å². The molecule has 9 atom stereocenters. The number of aromatic nitrogens is 2. The van der Waals surface area contributed by atoms with Crippen molar-refractivity contribution in [2.75, 3.05) is 40.9 Å². The number of likely N-dealkylation sites (tertiary alicyclic amines) is 1. The molecule has 2 aromatic carbocycles. The van der Waals surface area contributed by atoms with E-state index in [9.17, 15) is 4.79 Å². The monoisotopic (exact) mass is 646 g/mol. The normalized spacial score (nSPS) is 33.6. The lowest BCUT2D eigenvalue weighted by Gasteiger charge is -2.53. The molecule has 6 aliphatic rings. The quantitative estimate of drug-likeness (QED) is 0.182. The van der Waals surface area contributed by atoms with Gasteiger partial charge in [0.05, 0.1) is 20.1 Å². The number of ether oxygens (including phenoxy) is 2. The molecule has 2 aliphatic carbocycles. The van der Waals surface area contributed by atoms with Crippen LogP contribution in [0.25, 0.3) is 21.8 Å². The summed E-state index contributed by atoms with van der Waals surface area (Å²) in [6.45, 7) is 7.81. The molecule has 7 heteroatoms. The van der Waals surface area contributed by atoms with Gasteiger partial charge in [-0.05, 0) is 93.2 Å². The van der Waals surface area contributed by atoms with E-state index in [2.05, 4.69) is 83.1 Å². The molecule has 0 spiro atoms. The van der Waals surface area contributed by atoms with E-state index in [1.54, 1.807) is 7.11 Å². The molecule has 2 N–H and O–H groups in total. The lowest BCUT2D eigenvalue weighted by molar-refractivity contribution is -0.151. The minimum Gasteiger partial charge on any atom is -0.496 e. The van der Waals surface area contributed by atoms with Crippen LogP contribution in [0.2, 0.25) is 0 Å². The zero-order chi connectivity index (χ0) is 32.8. The third-order valence-corrected chi connectivity index (χ3v) is 13.5. The van der Waals surface area contributed by atoms with Crippen molar-refractivity contribution in [2.45, 2.75) is 76.3 Å². The molecule has 2 aromatic heterocycles. The third-order valence-electron chi connectivity index (χ3n) is 13.5.